The number of rotatable bonds is 4. The molecule has 0 aliphatic rings. The fraction of sp³-hybridized carbons (Fsp3) is 0.250. The standard InChI is InChI=1S/C12H9BrClF3N2S/c13-7-5-9(12(15,16)17)11(19-6-7)18-4-3-8-1-2-10(14)20-8/h1-2,5-6H,3-4H2,(H,18,19). The van der Waals surface area contributed by atoms with Crippen molar-refractivity contribution in [2.24, 2.45) is 0 Å². The zero-order valence-electron chi connectivity index (χ0n) is 9.97. The first-order valence-electron chi connectivity index (χ1n) is 5.57. The molecule has 2 aromatic rings. The molecule has 2 rings (SSSR count). The van der Waals surface area contributed by atoms with E-state index in [2.05, 4.69) is 26.2 Å². The van der Waals surface area contributed by atoms with Gasteiger partial charge in [0.25, 0.3) is 0 Å². The lowest BCUT2D eigenvalue weighted by molar-refractivity contribution is -0.137. The summed E-state index contributed by atoms with van der Waals surface area (Å²) in [4.78, 5) is 4.79. The molecular weight excluding hydrogens is 377 g/mol. The van der Waals surface area contributed by atoms with Crippen molar-refractivity contribution in [2.75, 3.05) is 11.9 Å². The molecule has 0 radical (unpaired) electrons. The summed E-state index contributed by atoms with van der Waals surface area (Å²) in [6, 6.07) is 4.63. The molecule has 20 heavy (non-hydrogen) atoms. The summed E-state index contributed by atoms with van der Waals surface area (Å²) in [6.45, 7) is 0.356. The number of nitrogens with zero attached hydrogens (tertiary/aromatic N) is 1. The van der Waals surface area contributed by atoms with Crippen LogP contribution in [0.3, 0.4) is 0 Å². The Morgan fingerprint density at radius 3 is 2.70 bits per heavy atom. The predicted molar refractivity (Wildman–Crippen MR) is 78.5 cm³/mol. The molecule has 0 spiro atoms. The topological polar surface area (TPSA) is 24.9 Å². The summed E-state index contributed by atoms with van der Waals surface area (Å²) in [6.07, 6.45) is -2.52. The minimum atomic E-state index is -4.44. The van der Waals surface area contributed by atoms with E-state index in [1.54, 1.807) is 6.07 Å². The molecule has 1 N–H and O–H groups in total. The van der Waals surface area contributed by atoms with Gasteiger partial charge in [-0.3, -0.25) is 0 Å². The van der Waals surface area contributed by atoms with Crippen LogP contribution in [-0.2, 0) is 12.6 Å². The molecule has 108 valence electrons. The quantitative estimate of drug-likeness (QED) is 0.779. The zero-order valence-corrected chi connectivity index (χ0v) is 13.1. The first kappa shape index (κ1) is 15.6. The lowest BCUT2D eigenvalue weighted by Gasteiger charge is -2.13. The number of anilines is 1. The molecule has 8 heteroatoms. The summed E-state index contributed by atoms with van der Waals surface area (Å²) in [5, 5.41) is 2.72. The molecule has 2 nitrogen and oxygen atoms in total. The Labute approximate surface area is 131 Å². The smallest absolute Gasteiger partial charge is 0.369 e. The fourth-order valence-corrected chi connectivity index (χ4v) is 3.00. The molecule has 2 heterocycles. The van der Waals surface area contributed by atoms with Crippen LogP contribution >= 0.6 is 38.9 Å². The van der Waals surface area contributed by atoms with Crippen LogP contribution in [0.15, 0.2) is 28.9 Å². The van der Waals surface area contributed by atoms with E-state index in [-0.39, 0.29) is 5.82 Å². The first-order chi connectivity index (χ1) is 9.36. The second kappa shape index (κ2) is 6.32. The highest BCUT2D eigenvalue weighted by atomic mass is 79.9. The van der Waals surface area contributed by atoms with Crippen LogP contribution in [0.2, 0.25) is 4.34 Å². The lowest BCUT2D eigenvalue weighted by Crippen LogP contribution is -2.14. The van der Waals surface area contributed by atoms with Crippen LogP contribution < -0.4 is 5.32 Å². The number of thiophene rings is 1. The molecule has 0 unspecified atom stereocenters. The Balaban J connectivity index is 2.06. The van der Waals surface area contributed by atoms with E-state index in [1.807, 2.05) is 6.07 Å². The Hall–Kier alpha value is -0.790. The van der Waals surface area contributed by atoms with Gasteiger partial charge in [-0.25, -0.2) is 4.98 Å². The van der Waals surface area contributed by atoms with Crippen LogP contribution in [0, 0.1) is 0 Å². The molecule has 0 fully saturated rings. The number of pyridine rings is 1. The van der Waals surface area contributed by atoms with E-state index < -0.39 is 11.7 Å². The van der Waals surface area contributed by atoms with Crippen molar-refractivity contribution in [1.82, 2.24) is 4.98 Å². The van der Waals surface area contributed by atoms with Crippen molar-refractivity contribution in [3.8, 4) is 0 Å². The van der Waals surface area contributed by atoms with Crippen molar-refractivity contribution >= 4 is 44.7 Å². The normalized spacial score (nSPS) is 11.7. The first-order valence-corrected chi connectivity index (χ1v) is 7.56. The van der Waals surface area contributed by atoms with Gasteiger partial charge in [0.2, 0.25) is 0 Å². The molecule has 2 aromatic heterocycles. The predicted octanol–water partition coefficient (Wildman–Crippen LogP) is 5.23. The third-order valence-corrected chi connectivity index (χ3v) is 4.18. The van der Waals surface area contributed by atoms with Crippen molar-refractivity contribution in [3.05, 3.63) is 43.6 Å². The molecule has 0 aliphatic heterocycles. The fourth-order valence-electron chi connectivity index (χ4n) is 1.59. The summed E-state index contributed by atoms with van der Waals surface area (Å²) < 4.78 is 39.6. The Morgan fingerprint density at radius 1 is 1.35 bits per heavy atom. The Kier molecular flexibility index (Phi) is 4.93. The van der Waals surface area contributed by atoms with Gasteiger partial charge < -0.3 is 5.32 Å². The van der Waals surface area contributed by atoms with E-state index in [0.29, 0.717) is 21.8 Å². The van der Waals surface area contributed by atoms with E-state index in [0.717, 1.165) is 10.9 Å². The minimum absolute atomic E-state index is 0.164. The van der Waals surface area contributed by atoms with Crippen molar-refractivity contribution < 1.29 is 13.2 Å². The maximum absolute atomic E-state index is 12.9. The molecule has 0 bridgehead atoms. The van der Waals surface area contributed by atoms with E-state index in [9.17, 15) is 13.2 Å². The number of nitrogens with one attached hydrogen (secondary N) is 1. The average molecular weight is 386 g/mol. The van der Waals surface area contributed by atoms with E-state index in [1.165, 1.54) is 17.5 Å². The van der Waals surface area contributed by atoms with Crippen molar-refractivity contribution in [3.63, 3.8) is 0 Å². The number of halogens is 5. The van der Waals surface area contributed by atoms with Gasteiger partial charge in [-0.05, 0) is 40.5 Å². The van der Waals surface area contributed by atoms with Gasteiger partial charge in [0, 0.05) is 22.1 Å². The second-order valence-electron chi connectivity index (χ2n) is 3.93. The van der Waals surface area contributed by atoms with Crippen LogP contribution in [0.25, 0.3) is 0 Å². The van der Waals surface area contributed by atoms with Crippen LogP contribution in [-0.4, -0.2) is 11.5 Å². The van der Waals surface area contributed by atoms with Gasteiger partial charge in [0.1, 0.15) is 5.82 Å². The molecule has 0 aliphatic carbocycles. The molecule has 0 aromatic carbocycles. The largest absolute Gasteiger partial charge is 0.419 e. The number of hydrogen-bond donors (Lipinski definition) is 1. The second-order valence-corrected chi connectivity index (χ2v) is 6.65. The van der Waals surface area contributed by atoms with E-state index >= 15 is 0 Å². The SMILES string of the molecule is FC(F)(F)c1cc(Br)cnc1NCCc1ccc(Cl)s1. The van der Waals surface area contributed by atoms with E-state index in [4.69, 9.17) is 11.6 Å². The van der Waals surface area contributed by atoms with Crippen LogP contribution in [0.5, 0.6) is 0 Å². The monoisotopic (exact) mass is 384 g/mol. The minimum Gasteiger partial charge on any atom is -0.369 e. The van der Waals surface area contributed by atoms with Crippen molar-refractivity contribution in [2.45, 2.75) is 12.6 Å². The zero-order chi connectivity index (χ0) is 14.8. The Morgan fingerprint density at radius 2 is 2.10 bits per heavy atom. The molecular formula is C12H9BrClF3N2S. The van der Waals surface area contributed by atoms with Crippen LogP contribution in [0.4, 0.5) is 19.0 Å². The maximum atomic E-state index is 12.9. The van der Waals surface area contributed by atoms with Gasteiger partial charge in [-0.2, -0.15) is 13.2 Å². The summed E-state index contributed by atoms with van der Waals surface area (Å²) >= 11 is 10.2. The summed E-state index contributed by atoms with van der Waals surface area (Å²) in [7, 11) is 0. The number of hydrogen-bond acceptors (Lipinski definition) is 3. The summed E-state index contributed by atoms with van der Waals surface area (Å²) in [5.41, 5.74) is -0.781. The third kappa shape index (κ3) is 4.10. The van der Waals surface area contributed by atoms with Gasteiger partial charge in [-0.15, -0.1) is 11.3 Å². The molecule has 0 atom stereocenters. The van der Waals surface area contributed by atoms with Gasteiger partial charge in [-0.1, -0.05) is 11.6 Å². The average Bonchev–Trinajstić information content (AvgIpc) is 2.76. The lowest BCUT2D eigenvalue weighted by atomic mass is 10.2. The van der Waals surface area contributed by atoms with Gasteiger partial charge >= 0.3 is 6.18 Å². The van der Waals surface area contributed by atoms with Crippen LogP contribution in [0.1, 0.15) is 10.4 Å². The van der Waals surface area contributed by atoms with Gasteiger partial charge in [0.15, 0.2) is 0 Å². The number of alkyl halides is 3. The van der Waals surface area contributed by atoms with Crippen molar-refractivity contribution in [1.29, 1.82) is 0 Å². The highest BCUT2D eigenvalue weighted by Crippen LogP contribution is 2.35. The summed E-state index contributed by atoms with van der Waals surface area (Å²) in [5.74, 6) is -0.164. The maximum Gasteiger partial charge on any atom is 0.419 e. The number of aromatic nitrogens is 1. The molecule has 0 saturated heterocycles. The highest BCUT2D eigenvalue weighted by Gasteiger charge is 2.34. The third-order valence-electron chi connectivity index (χ3n) is 2.45. The molecule has 0 amide bonds. The van der Waals surface area contributed by atoms with Gasteiger partial charge in [0.05, 0.1) is 9.90 Å². The highest BCUT2D eigenvalue weighted by molar-refractivity contribution is 9.10. The molecule has 0 saturated carbocycles. The Bertz CT molecular complexity index is 601.